The van der Waals surface area contributed by atoms with Crippen LogP contribution in [0.4, 0.5) is 0 Å². The monoisotopic (exact) mass is 418 g/mol. The van der Waals surface area contributed by atoms with Gasteiger partial charge in [0.2, 0.25) is 15.9 Å². The molecule has 0 radical (unpaired) electrons. The van der Waals surface area contributed by atoms with Crippen molar-refractivity contribution in [1.29, 1.82) is 0 Å². The van der Waals surface area contributed by atoms with Crippen molar-refractivity contribution in [1.82, 2.24) is 15.2 Å². The first kappa shape index (κ1) is 20.4. The van der Waals surface area contributed by atoms with Gasteiger partial charge in [-0.05, 0) is 43.8 Å². The van der Waals surface area contributed by atoms with Gasteiger partial charge in [0.05, 0.1) is 34.2 Å². The van der Waals surface area contributed by atoms with E-state index >= 15 is 0 Å². The number of fused-ring (bicyclic) bond motifs is 1. The number of hydrogen-bond acceptors (Lipinski definition) is 6. The molecule has 3 N–H and O–H groups in total. The lowest BCUT2D eigenvalue weighted by molar-refractivity contribution is -0.122. The van der Waals surface area contributed by atoms with Gasteiger partial charge >= 0.3 is 0 Å². The van der Waals surface area contributed by atoms with Gasteiger partial charge in [-0.15, -0.1) is 11.3 Å². The van der Waals surface area contributed by atoms with Gasteiger partial charge in [0.15, 0.2) is 0 Å². The standard InChI is InChI=1S/C19H22N4O3S2/c1-13(14-7-9-15(10-8-14)28(20,25)26)21-18(24)11-23(2)12-19-22-16-5-3-4-6-17(16)27-19/h3-10,13H,11-12H2,1-2H3,(H,21,24)(H2,20,25,26)/t13-/m0/s1. The number of rotatable bonds is 7. The van der Waals surface area contributed by atoms with Crippen molar-refractivity contribution >= 4 is 37.5 Å². The largest absolute Gasteiger partial charge is 0.348 e. The van der Waals surface area contributed by atoms with E-state index in [4.69, 9.17) is 5.14 Å². The summed E-state index contributed by atoms with van der Waals surface area (Å²) in [5.41, 5.74) is 1.77. The van der Waals surface area contributed by atoms with Gasteiger partial charge in [-0.3, -0.25) is 9.69 Å². The number of carbonyl (C=O) groups is 1. The van der Waals surface area contributed by atoms with E-state index in [-0.39, 0.29) is 23.4 Å². The Hall–Kier alpha value is -2.33. The molecule has 0 unspecified atom stereocenters. The van der Waals surface area contributed by atoms with Crippen molar-refractivity contribution in [3.05, 3.63) is 59.1 Å². The van der Waals surface area contributed by atoms with E-state index in [1.54, 1.807) is 23.5 Å². The Morgan fingerprint density at radius 2 is 1.89 bits per heavy atom. The van der Waals surface area contributed by atoms with Crippen LogP contribution in [0.25, 0.3) is 10.2 Å². The summed E-state index contributed by atoms with van der Waals surface area (Å²) in [6.45, 7) is 2.66. The highest BCUT2D eigenvalue weighted by atomic mass is 32.2. The smallest absolute Gasteiger partial charge is 0.238 e. The number of nitrogens with two attached hydrogens (primary N) is 1. The molecular formula is C19H22N4O3S2. The number of likely N-dealkylation sites (N-methyl/N-ethyl adjacent to an activating group) is 1. The fourth-order valence-corrected chi connectivity index (χ4v) is 4.40. The maximum absolute atomic E-state index is 12.3. The molecule has 148 valence electrons. The minimum absolute atomic E-state index is 0.0466. The van der Waals surface area contributed by atoms with Crippen molar-refractivity contribution in [2.24, 2.45) is 5.14 Å². The molecule has 0 aliphatic rings. The number of sulfonamides is 1. The molecule has 3 aromatic rings. The highest BCUT2D eigenvalue weighted by Gasteiger charge is 2.14. The lowest BCUT2D eigenvalue weighted by Crippen LogP contribution is -2.36. The molecule has 0 fully saturated rings. The maximum Gasteiger partial charge on any atom is 0.238 e. The molecular weight excluding hydrogens is 396 g/mol. The Kier molecular flexibility index (Phi) is 6.09. The normalized spacial score (nSPS) is 13.0. The van der Waals surface area contributed by atoms with Crippen LogP contribution in [0.3, 0.4) is 0 Å². The Bertz CT molecular complexity index is 1050. The molecule has 1 amide bonds. The SMILES string of the molecule is C[C@H](NC(=O)CN(C)Cc1nc2ccccc2s1)c1ccc(S(N)(=O)=O)cc1. The van der Waals surface area contributed by atoms with Crippen LogP contribution in [0.5, 0.6) is 0 Å². The number of para-hydroxylation sites is 1. The number of carbonyl (C=O) groups excluding carboxylic acids is 1. The second-order valence-electron chi connectivity index (χ2n) is 6.65. The fourth-order valence-electron chi connectivity index (χ4n) is 2.84. The summed E-state index contributed by atoms with van der Waals surface area (Å²) in [6.07, 6.45) is 0. The summed E-state index contributed by atoms with van der Waals surface area (Å²) in [5.74, 6) is -0.119. The minimum Gasteiger partial charge on any atom is -0.348 e. The molecule has 0 aliphatic carbocycles. The van der Waals surface area contributed by atoms with Gasteiger partial charge in [-0.2, -0.15) is 0 Å². The second kappa shape index (κ2) is 8.36. The number of hydrogen-bond donors (Lipinski definition) is 2. The highest BCUT2D eigenvalue weighted by molar-refractivity contribution is 7.89. The zero-order chi connectivity index (χ0) is 20.3. The summed E-state index contributed by atoms with van der Waals surface area (Å²) < 4.78 is 23.8. The first-order valence-corrected chi connectivity index (χ1v) is 11.0. The van der Waals surface area contributed by atoms with E-state index in [0.717, 1.165) is 20.8 Å². The third kappa shape index (κ3) is 5.14. The quantitative estimate of drug-likeness (QED) is 0.612. The minimum atomic E-state index is -3.72. The third-order valence-corrected chi connectivity index (χ3v) is 6.19. The second-order valence-corrected chi connectivity index (χ2v) is 9.33. The van der Waals surface area contributed by atoms with Crippen molar-refractivity contribution < 1.29 is 13.2 Å². The summed E-state index contributed by atoms with van der Waals surface area (Å²) in [7, 11) is -1.85. The van der Waals surface area contributed by atoms with Crippen molar-refractivity contribution in [2.75, 3.05) is 13.6 Å². The maximum atomic E-state index is 12.3. The molecule has 0 saturated heterocycles. The lowest BCUT2D eigenvalue weighted by Gasteiger charge is -2.18. The summed E-state index contributed by atoms with van der Waals surface area (Å²) >= 11 is 1.62. The van der Waals surface area contributed by atoms with E-state index in [0.29, 0.717) is 6.54 Å². The van der Waals surface area contributed by atoms with Gasteiger partial charge in [0.1, 0.15) is 5.01 Å². The van der Waals surface area contributed by atoms with Crippen molar-refractivity contribution in [3.63, 3.8) is 0 Å². The van der Waals surface area contributed by atoms with E-state index in [2.05, 4.69) is 10.3 Å². The molecule has 0 spiro atoms. The first-order chi connectivity index (χ1) is 13.2. The summed E-state index contributed by atoms with van der Waals surface area (Å²) in [6, 6.07) is 13.9. The van der Waals surface area contributed by atoms with Crippen LogP contribution in [0.15, 0.2) is 53.4 Å². The van der Waals surface area contributed by atoms with E-state index < -0.39 is 10.0 Å². The van der Waals surface area contributed by atoms with Crippen LogP contribution in [-0.2, 0) is 21.4 Å². The number of aromatic nitrogens is 1. The number of amides is 1. The van der Waals surface area contributed by atoms with Crippen LogP contribution >= 0.6 is 11.3 Å². The lowest BCUT2D eigenvalue weighted by atomic mass is 10.1. The molecule has 7 nitrogen and oxygen atoms in total. The van der Waals surface area contributed by atoms with Crippen LogP contribution in [-0.4, -0.2) is 37.8 Å². The molecule has 3 rings (SSSR count). The van der Waals surface area contributed by atoms with Crippen molar-refractivity contribution in [2.45, 2.75) is 24.4 Å². The third-order valence-electron chi connectivity index (χ3n) is 4.24. The fraction of sp³-hybridized carbons (Fsp3) is 0.263. The number of nitrogens with one attached hydrogen (secondary N) is 1. The predicted molar refractivity (Wildman–Crippen MR) is 110 cm³/mol. The Balaban J connectivity index is 1.55. The number of benzene rings is 2. The van der Waals surface area contributed by atoms with Gasteiger partial charge in [-0.1, -0.05) is 24.3 Å². The van der Waals surface area contributed by atoms with Gasteiger partial charge in [0, 0.05) is 0 Å². The number of primary sulfonamides is 1. The van der Waals surface area contributed by atoms with Gasteiger partial charge < -0.3 is 5.32 Å². The van der Waals surface area contributed by atoms with E-state index in [1.165, 1.54) is 12.1 Å². The molecule has 2 aromatic carbocycles. The Morgan fingerprint density at radius 3 is 2.54 bits per heavy atom. The highest BCUT2D eigenvalue weighted by Crippen LogP contribution is 2.22. The van der Waals surface area contributed by atoms with E-state index in [9.17, 15) is 13.2 Å². The van der Waals surface area contributed by atoms with Crippen LogP contribution in [0.2, 0.25) is 0 Å². The zero-order valence-electron chi connectivity index (χ0n) is 15.6. The zero-order valence-corrected chi connectivity index (χ0v) is 17.3. The topological polar surface area (TPSA) is 105 Å². The molecule has 0 aliphatic heterocycles. The van der Waals surface area contributed by atoms with Crippen LogP contribution in [0, 0.1) is 0 Å². The van der Waals surface area contributed by atoms with Crippen molar-refractivity contribution in [3.8, 4) is 0 Å². The Morgan fingerprint density at radius 1 is 1.21 bits per heavy atom. The summed E-state index contributed by atoms with van der Waals surface area (Å²) in [4.78, 5) is 18.9. The van der Waals surface area contributed by atoms with Crippen LogP contribution < -0.4 is 10.5 Å². The molecule has 28 heavy (non-hydrogen) atoms. The van der Waals surface area contributed by atoms with Crippen LogP contribution in [0.1, 0.15) is 23.5 Å². The molecule has 1 aromatic heterocycles. The molecule has 0 saturated carbocycles. The summed E-state index contributed by atoms with van der Waals surface area (Å²) in [5, 5.41) is 8.98. The Labute approximate surface area is 168 Å². The average molecular weight is 419 g/mol. The average Bonchev–Trinajstić information content (AvgIpc) is 3.02. The molecule has 1 atom stereocenters. The van der Waals surface area contributed by atoms with E-state index in [1.807, 2.05) is 43.1 Å². The number of thiazole rings is 1. The molecule has 1 heterocycles. The predicted octanol–water partition coefficient (Wildman–Crippen LogP) is 2.25. The first-order valence-electron chi connectivity index (χ1n) is 8.67. The number of nitrogens with zero attached hydrogens (tertiary/aromatic N) is 2. The van der Waals surface area contributed by atoms with Gasteiger partial charge in [-0.25, -0.2) is 18.5 Å². The van der Waals surface area contributed by atoms with Gasteiger partial charge in [0.25, 0.3) is 0 Å². The molecule has 9 heteroatoms. The molecule has 0 bridgehead atoms.